The van der Waals surface area contributed by atoms with Gasteiger partial charge in [-0.05, 0) is 47.9 Å². The summed E-state index contributed by atoms with van der Waals surface area (Å²) in [5.41, 5.74) is 3.46. The van der Waals surface area contributed by atoms with Gasteiger partial charge in [0.05, 0.1) is 6.54 Å². The van der Waals surface area contributed by atoms with Gasteiger partial charge in [-0.25, -0.2) is 4.79 Å². The standard InChI is InChI=1S/C23H18F3NO4.Na.H/c1-15-3-2-4-16(13-15)14-27(21(28)22(29)30)19-9-5-17(6-10-19)18-7-11-20(12-8-18)31-23(24,25)26;;/h2-13H,14H2,1H3,(H,29,30);;/q;+1;-1. The predicted octanol–water partition coefficient (Wildman–Crippen LogP) is 2.29. The van der Waals surface area contributed by atoms with Crippen molar-refractivity contribution in [1.29, 1.82) is 0 Å². The maximum atomic E-state index is 12.3. The van der Waals surface area contributed by atoms with Crippen LogP contribution in [0.15, 0.2) is 72.8 Å². The molecule has 0 atom stereocenters. The molecule has 9 heteroatoms. The van der Waals surface area contributed by atoms with Crippen molar-refractivity contribution in [3.63, 3.8) is 0 Å². The molecule has 3 aromatic rings. The van der Waals surface area contributed by atoms with Crippen molar-refractivity contribution in [1.82, 2.24) is 0 Å². The smallest absolute Gasteiger partial charge is 1.00 e. The van der Waals surface area contributed by atoms with E-state index in [9.17, 15) is 27.9 Å². The third-order valence-electron chi connectivity index (χ3n) is 4.45. The van der Waals surface area contributed by atoms with Crippen LogP contribution < -0.4 is 39.2 Å². The first kappa shape index (κ1) is 25.5. The number of halogens is 3. The summed E-state index contributed by atoms with van der Waals surface area (Å²) < 4.78 is 40.7. The molecule has 3 rings (SSSR count). The second-order valence-electron chi connectivity index (χ2n) is 6.80. The number of hydrogen-bond donors (Lipinski definition) is 1. The quantitative estimate of drug-likeness (QED) is 0.476. The first-order valence-corrected chi connectivity index (χ1v) is 9.19. The molecule has 32 heavy (non-hydrogen) atoms. The number of hydrogen-bond acceptors (Lipinski definition) is 3. The minimum Gasteiger partial charge on any atom is -1.00 e. The second kappa shape index (κ2) is 10.7. The number of carboxylic acids is 1. The van der Waals surface area contributed by atoms with Gasteiger partial charge in [0.25, 0.3) is 0 Å². The van der Waals surface area contributed by atoms with Gasteiger partial charge < -0.3 is 11.3 Å². The molecule has 0 aliphatic heterocycles. The Morgan fingerprint density at radius 3 is 2.03 bits per heavy atom. The van der Waals surface area contributed by atoms with E-state index in [1.165, 1.54) is 24.3 Å². The fraction of sp³-hybridized carbons (Fsp3) is 0.130. The van der Waals surface area contributed by atoms with Gasteiger partial charge in [-0.2, -0.15) is 0 Å². The van der Waals surface area contributed by atoms with Gasteiger partial charge in [-0.15, -0.1) is 13.2 Å². The Balaban J connectivity index is 0.00000272. The van der Waals surface area contributed by atoms with E-state index >= 15 is 0 Å². The van der Waals surface area contributed by atoms with Crippen LogP contribution in [0.1, 0.15) is 12.6 Å². The molecular weight excluding hydrogens is 434 g/mol. The Labute approximate surface area is 206 Å². The van der Waals surface area contributed by atoms with Crippen LogP contribution >= 0.6 is 0 Å². The zero-order valence-corrected chi connectivity index (χ0v) is 19.4. The number of anilines is 1. The molecule has 3 aromatic carbocycles. The number of alkyl halides is 3. The Morgan fingerprint density at radius 1 is 0.969 bits per heavy atom. The molecule has 162 valence electrons. The molecular formula is C23H19F3NNaO4. The van der Waals surface area contributed by atoms with Crippen LogP contribution in [0.2, 0.25) is 0 Å². The van der Waals surface area contributed by atoms with E-state index < -0.39 is 18.2 Å². The van der Waals surface area contributed by atoms with E-state index in [0.717, 1.165) is 16.0 Å². The molecule has 0 bridgehead atoms. The van der Waals surface area contributed by atoms with Crippen molar-refractivity contribution < 1.29 is 63.6 Å². The van der Waals surface area contributed by atoms with Crippen molar-refractivity contribution in [3.8, 4) is 16.9 Å². The maximum Gasteiger partial charge on any atom is 1.00 e. The fourth-order valence-corrected chi connectivity index (χ4v) is 3.07. The molecule has 0 aliphatic rings. The van der Waals surface area contributed by atoms with E-state index in [1.54, 1.807) is 30.3 Å². The molecule has 0 spiro atoms. The van der Waals surface area contributed by atoms with Gasteiger partial charge in [-0.1, -0.05) is 54.1 Å². The van der Waals surface area contributed by atoms with Crippen LogP contribution in [0, 0.1) is 6.92 Å². The minimum atomic E-state index is -4.76. The number of carbonyl (C=O) groups is 2. The summed E-state index contributed by atoms with van der Waals surface area (Å²) in [6.07, 6.45) is -4.76. The summed E-state index contributed by atoms with van der Waals surface area (Å²) in [6, 6.07) is 19.2. The van der Waals surface area contributed by atoms with Crippen LogP contribution in [0.25, 0.3) is 11.1 Å². The normalized spacial score (nSPS) is 10.8. The summed E-state index contributed by atoms with van der Waals surface area (Å²) in [5.74, 6) is -2.97. The number of nitrogens with zero attached hydrogens (tertiary/aromatic N) is 1. The van der Waals surface area contributed by atoms with E-state index in [4.69, 9.17) is 0 Å². The summed E-state index contributed by atoms with van der Waals surface area (Å²) in [7, 11) is 0. The number of benzene rings is 3. The largest absolute Gasteiger partial charge is 1.00 e. The third-order valence-corrected chi connectivity index (χ3v) is 4.45. The van der Waals surface area contributed by atoms with Crippen LogP contribution in [-0.4, -0.2) is 23.3 Å². The van der Waals surface area contributed by atoms with Crippen molar-refractivity contribution >= 4 is 17.6 Å². The van der Waals surface area contributed by atoms with E-state index in [0.29, 0.717) is 16.8 Å². The predicted molar refractivity (Wildman–Crippen MR) is 110 cm³/mol. The molecule has 1 N–H and O–H groups in total. The average molecular weight is 453 g/mol. The Kier molecular flexibility index (Phi) is 8.49. The topological polar surface area (TPSA) is 66.8 Å². The Hall–Kier alpha value is -2.81. The second-order valence-corrected chi connectivity index (χ2v) is 6.80. The summed E-state index contributed by atoms with van der Waals surface area (Å²) in [5, 5.41) is 9.20. The molecule has 0 unspecified atom stereocenters. The van der Waals surface area contributed by atoms with Crippen molar-refractivity contribution in [2.24, 2.45) is 0 Å². The Bertz CT molecular complexity index is 1090. The van der Waals surface area contributed by atoms with Crippen molar-refractivity contribution in [3.05, 3.63) is 83.9 Å². The Morgan fingerprint density at radius 2 is 1.53 bits per heavy atom. The summed E-state index contributed by atoms with van der Waals surface area (Å²) >= 11 is 0. The average Bonchev–Trinajstić information content (AvgIpc) is 2.71. The van der Waals surface area contributed by atoms with E-state index in [1.807, 2.05) is 25.1 Å². The molecule has 1 amide bonds. The zero-order valence-electron chi connectivity index (χ0n) is 18.4. The van der Waals surface area contributed by atoms with E-state index in [2.05, 4.69) is 4.74 Å². The van der Waals surface area contributed by atoms with Gasteiger partial charge in [-0.3, -0.25) is 9.69 Å². The van der Waals surface area contributed by atoms with Crippen molar-refractivity contribution in [2.45, 2.75) is 19.8 Å². The van der Waals surface area contributed by atoms with Crippen molar-refractivity contribution in [2.75, 3.05) is 4.90 Å². The molecule has 0 aromatic heterocycles. The minimum absolute atomic E-state index is 0. The third kappa shape index (κ3) is 6.85. The first-order valence-electron chi connectivity index (χ1n) is 9.19. The van der Waals surface area contributed by atoms with Gasteiger partial charge in [0.2, 0.25) is 0 Å². The molecule has 5 nitrogen and oxygen atoms in total. The SMILES string of the molecule is Cc1cccc(CN(C(=O)C(=O)O)c2ccc(-c3ccc(OC(F)(F)F)cc3)cc2)c1.[H-].[Na+]. The fourth-order valence-electron chi connectivity index (χ4n) is 3.07. The number of aryl methyl sites for hydroxylation is 1. The van der Waals surface area contributed by atoms with Gasteiger partial charge >= 0.3 is 47.8 Å². The zero-order chi connectivity index (χ0) is 22.6. The number of amides is 1. The molecule has 0 saturated carbocycles. The van der Waals surface area contributed by atoms with Crippen LogP contribution in [0.4, 0.5) is 18.9 Å². The number of carboxylic acid groups (broad SMARTS) is 1. The molecule has 0 saturated heterocycles. The summed E-state index contributed by atoms with van der Waals surface area (Å²) in [6.45, 7) is 1.97. The van der Waals surface area contributed by atoms with Crippen LogP contribution in [0.3, 0.4) is 0 Å². The first-order chi connectivity index (χ1) is 14.6. The van der Waals surface area contributed by atoms with Gasteiger partial charge in [0, 0.05) is 5.69 Å². The maximum absolute atomic E-state index is 12.3. The van der Waals surface area contributed by atoms with Crippen LogP contribution in [-0.2, 0) is 16.1 Å². The van der Waals surface area contributed by atoms with Gasteiger partial charge in [0.1, 0.15) is 5.75 Å². The summed E-state index contributed by atoms with van der Waals surface area (Å²) in [4.78, 5) is 24.7. The molecule has 0 fully saturated rings. The van der Waals surface area contributed by atoms with Gasteiger partial charge in [0.15, 0.2) is 0 Å². The molecule has 0 heterocycles. The monoisotopic (exact) mass is 453 g/mol. The van der Waals surface area contributed by atoms with Crippen LogP contribution in [0.5, 0.6) is 5.75 Å². The molecule has 0 radical (unpaired) electrons. The number of aliphatic carboxylic acids is 1. The van der Waals surface area contributed by atoms with E-state index in [-0.39, 0.29) is 43.3 Å². The number of carbonyl (C=O) groups excluding carboxylic acids is 1. The molecule has 0 aliphatic carbocycles. The number of ether oxygens (including phenoxy) is 1. The number of rotatable bonds is 5.